The third kappa shape index (κ3) is 4.47. The minimum Gasteiger partial charge on any atom is -0.489 e. The van der Waals surface area contributed by atoms with Crippen LogP contribution in [0.1, 0.15) is 12.0 Å². The third-order valence-electron chi connectivity index (χ3n) is 3.26. The van der Waals surface area contributed by atoms with Gasteiger partial charge in [0, 0.05) is 25.8 Å². The highest BCUT2D eigenvalue weighted by Gasteiger charge is 2.29. The SMILES string of the molecule is COCCNCc1ccccc1OC1CCS(=O)(=O)C1. The Bertz CT molecular complexity index is 530. The van der Waals surface area contributed by atoms with Crippen LogP contribution in [0.2, 0.25) is 0 Å². The minimum absolute atomic E-state index is 0.123. The van der Waals surface area contributed by atoms with E-state index in [4.69, 9.17) is 9.47 Å². The van der Waals surface area contributed by atoms with Gasteiger partial charge in [0.25, 0.3) is 0 Å². The lowest BCUT2D eigenvalue weighted by atomic mass is 10.2. The van der Waals surface area contributed by atoms with Crippen LogP contribution < -0.4 is 10.1 Å². The fourth-order valence-electron chi connectivity index (χ4n) is 2.20. The van der Waals surface area contributed by atoms with Crippen LogP contribution in [0.25, 0.3) is 0 Å². The summed E-state index contributed by atoms with van der Waals surface area (Å²) in [6.45, 7) is 2.10. The Hall–Kier alpha value is -1.11. The van der Waals surface area contributed by atoms with Gasteiger partial charge in [0.05, 0.1) is 18.1 Å². The van der Waals surface area contributed by atoms with E-state index in [1.807, 2.05) is 24.3 Å². The summed E-state index contributed by atoms with van der Waals surface area (Å²) in [6, 6.07) is 7.72. The van der Waals surface area contributed by atoms with Crippen LogP contribution in [0.4, 0.5) is 0 Å². The number of para-hydroxylation sites is 1. The van der Waals surface area contributed by atoms with Crippen molar-refractivity contribution in [3.63, 3.8) is 0 Å². The molecule has 1 atom stereocenters. The highest BCUT2D eigenvalue weighted by molar-refractivity contribution is 7.91. The molecule has 1 N–H and O–H groups in total. The largest absolute Gasteiger partial charge is 0.489 e. The van der Waals surface area contributed by atoms with Crippen LogP contribution in [0.15, 0.2) is 24.3 Å². The summed E-state index contributed by atoms with van der Waals surface area (Å²) in [7, 11) is -1.24. The first kappa shape index (κ1) is 15.3. The van der Waals surface area contributed by atoms with Crippen molar-refractivity contribution in [1.82, 2.24) is 5.32 Å². The maximum atomic E-state index is 11.5. The van der Waals surface area contributed by atoms with Gasteiger partial charge >= 0.3 is 0 Å². The van der Waals surface area contributed by atoms with E-state index < -0.39 is 9.84 Å². The van der Waals surface area contributed by atoms with Crippen molar-refractivity contribution >= 4 is 9.84 Å². The number of sulfone groups is 1. The first-order chi connectivity index (χ1) is 9.61. The van der Waals surface area contributed by atoms with E-state index in [2.05, 4.69) is 5.32 Å². The van der Waals surface area contributed by atoms with Gasteiger partial charge in [-0.15, -0.1) is 0 Å². The highest BCUT2D eigenvalue weighted by atomic mass is 32.2. The van der Waals surface area contributed by atoms with Gasteiger partial charge in [-0.1, -0.05) is 18.2 Å². The van der Waals surface area contributed by atoms with E-state index in [0.29, 0.717) is 19.6 Å². The van der Waals surface area contributed by atoms with Crippen molar-refractivity contribution in [3.8, 4) is 5.75 Å². The lowest BCUT2D eigenvalue weighted by molar-refractivity contribution is 0.198. The summed E-state index contributed by atoms with van der Waals surface area (Å²) in [5.41, 5.74) is 1.04. The van der Waals surface area contributed by atoms with E-state index in [0.717, 1.165) is 17.9 Å². The molecule has 1 aliphatic heterocycles. The molecule has 0 bridgehead atoms. The second-order valence-corrected chi connectivity index (χ2v) is 7.15. The molecule has 5 nitrogen and oxygen atoms in total. The standard InChI is InChI=1S/C14H21NO4S/c1-18-8-7-15-10-12-4-2-3-5-14(12)19-13-6-9-20(16,17)11-13/h2-5,13,15H,6-11H2,1H3. The first-order valence-electron chi connectivity index (χ1n) is 6.75. The maximum absolute atomic E-state index is 11.5. The summed E-state index contributed by atoms with van der Waals surface area (Å²) >= 11 is 0. The molecule has 20 heavy (non-hydrogen) atoms. The van der Waals surface area contributed by atoms with Crippen molar-refractivity contribution in [2.45, 2.75) is 19.1 Å². The van der Waals surface area contributed by atoms with E-state index in [1.54, 1.807) is 7.11 Å². The molecule has 0 spiro atoms. The van der Waals surface area contributed by atoms with E-state index in [1.165, 1.54) is 0 Å². The molecule has 0 aliphatic carbocycles. The van der Waals surface area contributed by atoms with Gasteiger partial charge in [0.2, 0.25) is 0 Å². The molecule has 0 radical (unpaired) electrons. The smallest absolute Gasteiger partial charge is 0.154 e. The predicted octanol–water partition coefficient (Wildman–Crippen LogP) is 0.988. The Kier molecular flexibility index (Phi) is 5.39. The number of methoxy groups -OCH3 is 1. The Morgan fingerprint density at radius 1 is 1.35 bits per heavy atom. The molecule has 1 aromatic rings. The summed E-state index contributed by atoms with van der Waals surface area (Å²) < 4.78 is 33.7. The lowest BCUT2D eigenvalue weighted by Crippen LogP contribution is -2.21. The molecule has 6 heteroatoms. The normalized spacial score (nSPS) is 20.9. The molecule has 1 aromatic carbocycles. The van der Waals surface area contributed by atoms with Gasteiger partial charge < -0.3 is 14.8 Å². The van der Waals surface area contributed by atoms with Gasteiger partial charge in [0.15, 0.2) is 9.84 Å². The third-order valence-corrected chi connectivity index (χ3v) is 4.99. The van der Waals surface area contributed by atoms with E-state index >= 15 is 0 Å². The maximum Gasteiger partial charge on any atom is 0.154 e. The second kappa shape index (κ2) is 7.06. The van der Waals surface area contributed by atoms with Crippen molar-refractivity contribution in [2.24, 2.45) is 0 Å². The number of rotatable bonds is 7. The molecule has 0 saturated carbocycles. The average Bonchev–Trinajstić information content (AvgIpc) is 2.76. The average molecular weight is 299 g/mol. The van der Waals surface area contributed by atoms with Gasteiger partial charge in [-0.3, -0.25) is 0 Å². The van der Waals surface area contributed by atoms with Crippen molar-refractivity contribution < 1.29 is 17.9 Å². The molecular weight excluding hydrogens is 278 g/mol. The second-order valence-electron chi connectivity index (χ2n) is 4.92. The first-order valence-corrected chi connectivity index (χ1v) is 8.57. The van der Waals surface area contributed by atoms with Crippen LogP contribution >= 0.6 is 0 Å². The number of benzene rings is 1. The number of nitrogens with one attached hydrogen (secondary N) is 1. The fourth-order valence-corrected chi connectivity index (χ4v) is 3.79. The van der Waals surface area contributed by atoms with Crippen LogP contribution in [-0.4, -0.2) is 46.3 Å². The Morgan fingerprint density at radius 2 is 2.15 bits per heavy atom. The molecule has 2 rings (SSSR count). The summed E-state index contributed by atoms with van der Waals surface area (Å²) in [5, 5.41) is 3.26. The number of hydrogen-bond donors (Lipinski definition) is 1. The minimum atomic E-state index is -2.91. The number of ether oxygens (including phenoxy) is 2. The van der Waals surface area contributed by atoms with Crippen LogP contribution in [-0.2, 0) is 21.1 Å². The van der Waals surface area contributed by atoms with Crippen molar-refractivity contribution in [1.29, 1.82) is 0 Å². The van der Waals surface area contributed by atoms with Crippen LogP contribution in [0, 0.1) is 0 Å². The molecule has 1 heterocycles. The van der Waals surface area contributed by atoms with Crippen LogP contribution in [0.5, 0.6) is 5.75 Å². The molecule has 0 amide bonds. The quantitative estimate of drug-likeness (QED) is 0.761. The molecule has 1 saturated heterocycles. The highest BCUT2D eigenvalue weighted by Crippen LogP contribution is 2.23. The summed E-state index contributed by atoms with van der Waals surface area (Å²) in [6.07, 6.45) is 0.355. The molecule has 1 fully saturated rings. The lowest BCUT2D eigenvalue weighted by Gasteiger charge is -2.16. The van der Waals surface area contributed by atoms with Crippen LogP contribution in [0.3, 0.4) is 0 Å². The van der Waals surface area contributed by atoms with Gasteiger partial charge in [0.1, 0.15) is 11.9 Å². The fraction of sp³-hybridized carbons (Fsp3) is 0.571. The molecule has 1 unspecified atom stereocenters. The van der Waals surface area contributed by atoms with Crippen molar-refractivity contribution in [2.75, 3.05) is 31.8 Å². The van der Waals surface area contributed by atoms with Gasteiger partial charge in [-0.2, -0.15) is 0 Å². The molecule has 112 valence electrons. The van der Waals surface area contributed by atoms with E-state index in [-0.39, 0.29) is 17.6 Å². The zero-order chi connectivity index (χ0) is 14.4. The monoisotopic (exact) mass is 299 g/mol. The summed E-state index contributed by atoms with van der Waals surface area (Å²) in [5.74, 6) is 1.11. The number of hydrogen-bond acceptors (Lipinski definition) is 5. The predicted molar refractivity (Wildman–Crippen MR) is 77.7 cm³/mol. The zero-order valence-electron chi connectivity index (χ0n) is 11.7. The van der Waals surface area contributed by atoms with Gasteiger partial charge in [-0.25, -0.2) is 8.42 Å². The molecular formula is C14H21NO4S. The topological polar surface area (TPSA) is 64.6 Å². The zero-order valence-corrected chi connectivity index (χ0v) is 12.5. The molecule has 0 aromatic heterocycles. The van der Waals surface area contributed by atoms with E-state index in [9.17, 15) is 8.42 Å². The Labute approximate surface area is 120 Å². The molecule has 1 aliphatic rings. The summed E-state index contributed by atoms with van der Waals surface area (Å²) in [4.78, 5) is 0. The van der Waals surface area contributed by atoms with Gasteiger partial charge in [-0.05, 0) is 12.5 Å². The Balaban J connectivity index is 1.94. The van der Waals surface area contributed by atoms with Crippen molar-refractivity contribution in [3.05, 3.63) is 29.8 Å². The Morgan fingerprint density at radius 3 is 2.85 bits per heavy atom.